The zero-order chi connectivity index (χ0) is 13.2. The summed E-state index contributed by atoms with van der Waals surface area (Å²) in [5, 5.41) is 2.90. The molecule has 3 nitrogen and oxygen atoms in total. The molecule has 100 valence electrons. The summed E-state index contributed by atoms with van der Waals surface area (Å²) in [5.74, 6) is 1.28. The van der Waals surface area contributed by atoms with Crippen molar-refractivity contribution in [3.05, 3.63) is 18.0 Å². The molecule has 2 unspecified atom stereocenters. The van der Waals surface area contributed by atoms with Crippen molar-refractivity contribution in [3.63, 3.8) is 0 Å². The molecule has 1 aliphatic rings. The Bertz CT molecular complexity index is 406. The first kappa shape index (κ1) is 13.1. The van der Waals surface area contributed by atoms with Gasteiger partial charge in [0.2, 0.25) is 5.95 Å². The minimum atomic E-state index is -4.42. The summed E-state index contributed by atoms with van der Waals surface area (Å²) < 4.78 is 37.3. The quantitative estimate of drug-likeness (QED) is 0.904. The van der Waals surface area contributed by atoms with Crippen LogP contribution in [-0.4, -0.2) is 16.5 Å². The second-order valence-electron chi connectivity index (χ2n) is 4.93. The molecule has 6 heteroatoms. The van der Waals surface area contributed by atoms with Gasteiger partial charge >= 0.3 is 6.18 Å². The fourth-order valence-electron chi connectivity index (χ4n) is 2.35. The highest BCUT2D eigenvalue weighted by atomic mass is 19.4. The Kier molecular flexibility index (Phi) is 3.73. The van der Waals surface area contributed by atoms with Crippen LogP contribution in [0.3, 0.4) is 0 Å². The van der Waals surface area contributed by atoms with E-state index in [1.54, 1.807) is 0 Å². The number of hydrogen-bond acceptors (Lipinski definition) is 3. The van der Waals surface area contributed by atoms with Gasteiger partial charge in [0.25, 0.3) is 0 Å². The van der Waals surface area contributed by atoms with Crippen LogP contribution < -0.4 is 5.32 Å². The molecular weight excluding hydrogens is 243 g/mol. The lowest BCUT2D eigenvalue weighted by molar-refractivity contribution is -0.141. The third-order valence-corrected chi connectivity index (χ3v) is 3.30. The molecule has 2 rings (SSSR count). The van der Waals surface area contributed by atoms with Crippen molar-refractivity contribution in [2.24, 2.45) is 11.8 Å². The van der Waals surface area contributed by atoms with Gasteiger partial charge in [-0.2, -0.15) is 13.2 Å². The second kappa shape index (κ2) is 5.12. The Morgan fingerprint density at radius 2 is 2.17 bits per heavy atom. The molecule has 0 spiro atoms. The molecule has 0 amide bonds. The fourth-order valence-corrected chi connectivity index (χ4v) is 2.35. The van der Waals surface area contributed by atoms with Gasteiger partial charge in [0.15, 0.2) is 0 Å². The maximum atomic E-state index is 12.4. The van der Waals surface area contributed by atoms with Crippen molar-refractivity contribution in [3.8, 4) is 0 Å². The van der Waals surface area contributed by atoms with Crippen LogP contribution in [0.1, 0.15) is 31.9 Å². The molecule has 2 atom stereocenters. The van der Waals surface area contributed by atoms with E-state index in [0.717, 1.165) is 25.1 Å². The first-order valence-electron chi connectivity index (χ1n) is 6.09. The molecule has 0 aromatic carbocycles. The van der Waals surface area contributed by atoms with Crippen molar-refractivity contribution in [1.29, 1.82) is 0 Å². The lowest BCUT2D eigenvalue weighted by Crippen LogP contribution is -2.15. The van der Waals surface area contributed by atoms with Crippen LogP contribution in [0.5, 0.6) is 0 Å². The largest absolute Gasteiger partial charge is 0.433 e. The highest BCUT2D eigenvalue weighted by molar-refractivity contribution is 5.26. The van der Waals surface area contributed by atoms with E-state index in [0.29, 0.717) is 18.4 Å². The zero-order valence-corrected chi connectivity index (χ0v) is 10.2. The Hall–Kier alpha value is -1.33. The number of anilines is 1. The van der Waals surface area contributed by atoms with Gasteiger partial charge in [0.05, 0.1) is 0 Å². The number of nitrogens with one attached hydrogen (secondary N) is 1. The zero-order valence-electron chi connectivity index (χ0n) is 10.2. The van der Waals surface area contributed by atoms with E-state index < -0.39 is 11.9 Å². The summed E-state index contributed by atoms with van der Waals surface area (Å²) in [6, 6.07) is 0.878. The van der Waals surface area contributed by atoms with Gasteiger partial charge in [-0.3, -0.25) is 0 Å². The van der Waals surface area contributed by atoms with Gasteiger partial charge < -0.3 is 5.32 Å². The highest BCUT2D eigenvalue weighted by Crippen LogP contribution is 2.30. The molecule has 1 heterocycles. The van der Waals surface area contributed by atoms with Crippen molar-refractivity contribution in [2.75, 3.05) is 11.9 Å². The van der Waals surface area contributed by atoms with Crippen molar-refractivity contribution in [2.45, 2.75) is 32.4 Å². The minimum absolute atomic E-state index is 0.0596. The molecule has 0 aliphatic heterocycles. The Morgan fingerprint density at radius 3 is 2.78 bits per heavy atom. The molecule has 1 fully saturated rings. The van der Waals surface area contributed by atoms with E-state index in [2.05, 4.69) is 22.2 Å². The summed E-state index contributed by atoms with van der Waals surface area (Å²) in [6.07, 6.45) is 0.144. The van der Waals surface area contributed by atoms with E-state index in [-0.39, 0.29) is 5.95 Å². The topological polar surface area (TPSA) is 37.8 Å². The van der Waals surface area contributed by atoms with E-state index >= 15 is 0 Å². The van der Waals surface area contributed by atoms with Crippen LogP contribution in [0.4, 0.5) is 19.1 Å². The summed E-state index contributed by atoms with van der Waals surface area (Å²) in [4.78, 5) is 7.29. The predicted molar refractivity (Wildman–Crippen MR) is 62.0 cm³/mol. The highest BCUT2D eigenvalue weighted by Gasteiger charge is 2.32. The molecule has 1 saturated carbocycles. The molecule has 0 bridgehead atoms. The molecular formula is C12H16F3N3. The third kappa shape index (κ3) is 3.34. The number of rotatable bonds is 3. The molecule has 0 radical (unpaired) electrons. The van der Waals surface area contributed by atoms with Gasteiger partial charge in [-0.1, -0.05) is 13.3 Å². The standard InChI is InChI=1S/C12H16F3N3/c1-8-2-3-9(6-8)7-17-11-16-5-4-10(18-11)12(13,14)15/h4-5,8-9H,2-3,6-7H2,1H3,(H,16,17,18). The van der Waals surface area contributed by atoms with E-state index in [9.17, 15) is 13.2 Å². The van der Waals surface area contributed by atoms with E-state index in [1.165, 1.54) is 6.42 Å². The minimum Gasteiger partial charge on any atom is -0.354 e. The maximum Gasteiger partial charge on any atom is 0.433 e. The maximum absolute atomic E-state index is 12.4. The first-order valence-corrected chi connectivity index (χ1v) is 6.09. The van der Waals surface area contributed by atoms with E-state index in [1.807, 2.05) is 0 Å². The van der Waals surface area contributed by atoms with Crippen LogP contribution >= 0.6 is 0 Å². The number of alkyl halides is 3. The normalized spacial score (nSPS) is 24.2. The molecule has 1 aliphatic carbocycles. The SMILES string of the molecule is CC1CCC(CNc2nccc(C(F)(F)F)n2)C1. The molecule has 1 N–H and O–H groups in total. The Labute approximate surface area is 104 Å². The van der Waals surface area contributed by atoms with Gasteiger partial charge in [-0.25, -0.2) is 9.97 Å². The van der Waals surface area contributed by atoms with Gasteiger partial charge in [0, 0.05) is 12.7 Å². The second-order valence-corrected chi connectivity index (χ2v) is 4.93. The Morgan fingerprint density at radius 1 is 1.39 bits per heavy atom. The smallest absolute Gasteiger partial charge is 0.354 e. The van der Waals surface area contributed by atoms with Crippen LogP contribution in [0, 0.1) is 11.8 Å². The molecule has 0 saturated heterocycles. The summed E-state index contributed by atoms with van der Waals surface area (Å²) in [6.45, 7) is 2.84. The third-order valence-electron chi connectivity index (χ3n) is 3.30. The summed E-state index contributed by atoms with van der Waals surface area (Å²) in [7, 11) is 0. The van der Waals surface area contributed by atoms with Crippen molar-refractivity contribution in [1.82, 2.24) is 9.97 Å². The predicted octanol–water partition coefficient (Wildman–Crippen LogP) is 3.34. The molecule has 1 aromatic heterocycles. The van der Waals surface area contributed by atoms with Gasteiger partial charge in [-0.15, -0.1) is 0 Å². The number of hydrogen-bond donors (Lipinski definition) is 1. The monoisotopic (exact) mass is 259 g/mol. The first-order chi connectivity index (χ1) is 8.45. The number of halogens is 3. The average molecular weight is 259 g/mol. The van der Waals surface area contributed by atoms with Crippen LogP contribution in [-0.2, 0) is 6.18 Å². The number of aromatic nitrogens is 2. The lowest BCUT2D eigenvalue weighted by atomic mass is 10.1. The Balaban J connectivity index is 1.93. The number of nitrogens with zero attached hydrogens (tertiary/aromatic N) is 2. The van der Waals surface area contributed by atoms with Crippen LogP contribution in [0.25, 0.3) is 0 Å². The van der Waals surface area contributed by atoms with E-state index in [4.69, 9.17) is 0 Å². The van der Waals surface area contributed by atoms with Crippen molar-refractivity contribution >= 4 is 5.95 Å². The molecule has 1 aromatic rings. The average Bonchev–Trinajstić information content (AvgIpc) is 2.72. The summed E-state index contributed by atoms with van der Waals surface area (Å²) in [5.41, 5.74) is -0.903. The molecule has 18 heavy (non-hydrogen) atoms. The van der Waals surface area contributed by atoms with Crippen molar-refractivity contribution < 1.29 is 13.2 Å². The fraction of sp³-hybridized carbons (Fsp3) is 0.667. The van der Waals surface area contributed by atoms with Crippen LogP contribution in [0.15, 0.2) is 12.3 Å². The lowest BCUT2D eigenvalue weighted by Gasteiger charge is -2.12. The summed E-state index contributed by atoms with van der Waals surface area (Å²) >= 11 is 0. The van der Waals surface area contributed by atoms with Gasteiger partial charge in [0.1, 0.15) is 5.69 Å². The van der Waals surface area contributed by atoms with Gasteiger partial charge in [-0.05, 0) is 30.7 Å². The van der Waals surface area contributed by atoms with Crippen LogP contribution in [0.2, 0.25) is 0 Å².